The summed E-state index contributed by atoms with van der Waals surface area (Å²) < 4.78 is 16.0. The van der Waals surface area contributed by atoms with Crippen molar-refractivity contribution in [1.29, 1.82) is 0 Å². The zero-order valence-electron chi connectivity index (χ0n) is 23.4. The summed E-state index contributed by atoms with van der Waals surface area (Å²) in [5.41, 5.74) is 3.01. The van der Waals surface area contributed by atoms with Gasteiger partial charge in [-0.15, -0.1) is 0 Å². The van der Waals surface area contributed by atoms with Crippen LogP contribution in [0.25, 0.3) is 44.2 Å². The zero-order chi connectivity index (χ0) is 30.8. The van der Waals surface area contributed by atoms with Crippen molar-refractivity contribution in [3.05, 3.63) is 117 Å². The summed E-state index contributed by atoms with van der Waals surface area (Å²) in [6.45, 7) is 4.85. The van der Waals surface area contributed by atoms with Crippen LogP contribution in [0.4, 0.5) is 0 Å². The fraction of sp³-hybridized carbons (Fsp3) is 0.0882. The van der Waals surface area contributed by atoms with E-state index in [1.165, 1.54) is 37.5 Å². The van der Waals surface area contributed by atoms with E-state index in [0.29, 0.717) is 49.9 Å². The average molecular weight is 579 g/mol. The molecule has 43 heavy (non-hydrogen) atoms. The molecule has 0 amide bonds. The smallest absolute Gasteiger partial charge is 0.347 e. The van der Waals surface area contributed by atoms with E-state index >= 15 is 0 Å². The predicted octanol–water partition coefficient (Wildman–Crippen LogP) is 6.58. The highest BCUT2D eigenvalue weighted by Gasteiger charge is 2.17. The molecule has 0 bridgehead atoms. The number of carbonyl (C=O) groups excluding carboxylic acids is 1. The quantitative estimate of drug-likeness (QED) is 0.120. The molecule has 3 N–H and O–H groups in total. The minimum Gasteiger partial charge on any atom is -0.508 e. The number of phenols is 2. The van der Waals surface area contributed by atoms with Crippen LogP contribution in [0, 0.1) is 13.8 Å². The summed E-state index contributed by atoms with van der Waals surface area (Å²) in [6, 6.07) is 20.8. The molecule has 0 saturated heterocycles. The first kappa shape index (κ1) is 28.7. The van der Waals surface area contributed by atoms with Crippen molar-refractivity contribution in [1.82, 2.24) is 0 Å². The van der Waals surface area contributed by atoms with Gasteiger partial charge < -0.3 is 28.9 Å². The van der Waals surface area contributed by atoms with Gasteiger partial charge in [-0.25, -0.2) is 4.79 Å². The van der Waals surface area contributed by atoms with E-state index in [1.54, 1.807) is 55.5 Å². The van der Waals surface area contributed by atoms with Crippen LogP contribution in [0.15, 0.2) is 104 Å². The number of ether oxygens (including phenoxy) is 1. The van der Waals surface area contributed by atoms with Crippen molar-refractivity contribution in [3.63, 3.8) is 0 Å². The Balaban J connectivity index is 0.000000173. The highest BCUT2D eigenvalue weighted by atomic mass is 16.5. The second-order valence-electron chi connectivity index (χ2n) is 9.80. The van der Waals surface area contributed by atoms with Gasteiger partial charge in [0.05, 0.1) is 16.3 Å². The molecule has 9 heteroatoms. The molecule has 4 aromatic carbocycles. The van der Waals surface area contributed by atoms with Crippen LogP contribution < -0.4 is 15.8 Å². The number of aryl methyl sites for hydroxylation is 2. The lowest BCUT2D eigenvalue weighted by Crippen LogP contribution is -2.07. The number of phenolic OH excluding ortho intramolecular Hbond substituents is 2. The monoisotopic (exact) mass is 578 g/mol. The molecule has 6 aromatic rings. The van der Waals surface area contributed by atoms with E-state index in [4.69, 9.17) is 13.6 Å². The molecule has 2 aromatic heterocycles. The van der Waals surface area contributed by atoms with Gasteiger partial charge in [0, 0.05) is 12.5 Å². The Bertz CT molecular complexity index is 2100. The van der Waals surface area contributed by atoms with Crippen LogP contribution in [-0.2, 0) is 4.79 Å². The Labute approximate surface area is 244 Å². The van der Waals surface area contributed by atoms with Gasteiger partial charge in [-0.2, -0.15) is 0 Å². The molecule has 0 aliphatic rings. The van der Waals surface area contributed by atoms with Crippen LogP contribution in [-0.4, -0.2) is 21.3 Å². The first-order valence-corrected chi connectivity index (χ1v) is 13.1. The molecule has 0 atom stereocenters. The van der Waals surface area contributed by atoms with Crippen molar-refractivity contribution in [2.24, 2.45) is 0 Å². The highest BCUT2D eigenvalue weighted by Crippen LogP contribution is 2.34. The molecule has 0 saturated carbocycles. The van der Waals surface area contributed by atoms with Crippen LogP contribution in [0.5, 0.6) is 23.0 Å². The van der Waals surface area contributed by atoms with Gasteiger partial charge in [0.1, 0.15) is 46.0 Å². The lowest BCUT2D eigenvalue weighted by Gasteiger charge is -2.09. The lowest BCUT2D eigenvalue weighted by molar-refractivity contribution is -0.131. The Morgan fingerprint density at radius 2 is 1.37 bits per heavy atom. The van der Waals surface area contributed by atoms with Gasteiger partial charge in [0.2, 0.25) is 5.43 Å². The highest BCUT2D eigenvalue weighted by molar-refractivity contribution is 5.92. The largest absolute Gasteiger partial charge is 0.508 e. The standard InChI is InChI=1S/C18H14O5.C16H12O4/c1-10-16(23-11(2)19)8-7-14-17(21)15(9-22-18(10)14)12-3-5-13(20)6-4-12;1-9-3-2-4-12-14(18)13(16(19)20-15(9)12)10-5-7-11(17)8-6-10/h3-9,20H,1-2H3;2-8,17-18H,1H3. The second kappa shape index (κ2) is 11.6. The summed E-state index contributed by atoms with van der Waals surface area (Å²) in [7, 11) is 0. The number of para-hydroxylation sites is 1. The Kier molecular flexibility index (Phi) is 7.72. The minimum absolute atomic E-state index is 0.0919. The topological polar surface area (TPSA) is 147 Å². The van der Waals surface area contributed by atoms with E-state index in [-0.39, 0.29) is 28.2 Å². The van der Waals surface area contributed by atoms with Gasteiger partial charge in [-0.1, -0.05) is 36.4 Å². The van der Waals surface area contributed by atoms with Crippen LogP contribution in [0.2, 0.25) is 0 Å². The molecule has 0 aliphatic carbocycles. The van der Waals surface area contributed by atoms with Crippen molar-refractivity contribution < 1.29 is 33.7 Å². The maximum Gasteiger partial charge on any atom is 0.347 e. The molecule has 6 rings (SSSR count). The Morgan fingerprint density at radius 1 is 0.744 bits per heavy atom. The number of esters is 1. The Hall–Kier alpha value is -5.83. The van der Waals surface area contributed by atoms with Crippen molar-refractivity contribution in [2.45, 2.75) is 20.8 Å². The zero-order valence-corrected chi connectivity index (χ0v) is 23.4. The number of hydrogen-bond donors (Lipinski definition) is 3. The fourth-order valence-corrected chi connectivity index (χ4v) is 4.66. The third kappa shape index (κ3) is 5.69. The van der Waals surface area contributed by atoms with Gasteiger partial charge >= 0.3 is 11.6 Å². The normalized spacial score (nSPS) is 10.8. The lowest BCUT2D eigenvalue weighted by atomic mass is 10.0. The van der Waals surface area contributed by atoms with E-state index < -0.39 is 11.6 Å². The van der Waals surface area contributed by atoms with E-state index in [1.807, 2.05) is 13.0 Å². The molecule has 0 aliphatic heterocycles. The number of hydrogen-bond acceptors (Lipinski definition) is 9. The van der Waals surface area contributed by atoms with E-state index in [0.717, 1.165) is 5.56 Å². The number of benzene rings is 4. The number of fused-ring (bicyclic) bond motifs is 2. The van der Waals surface area contributed by atoms with Crippen LogP contribution in [0.3, 0.4) is 0 Å². The molecule has 0 spiro atoms. The van der Waals surface area contributed by atoms with E-state index in [2.05, 4.69) is 0 Å². The molecule has 216 valence electrons. The Morgan fingerprint density at radius 3 is 2.00 bits per heavy atom. The fourth-order valence-electron chi connectivity index (χ4n) is 4.66. The summed E-state index contributed by atoms with van der Waals surface area (Å²) >= 11 is 0. The first-order chi connectivity index (χ1) is 20.5. The molecule has 0 radical (unpaired) electrons. The van der Waals surface area contributed by atoms with E-state index in [9.17, 15) is 29.7 Å². The second-order valence-corrected chi connectivity index (χ2v) is 9.80. The molecular weight excluding hydrogens is 552 g/mol. The van der Waals surface area contributed by atoms with Crippen molar-refractivity contribution in [2.75, 3.05) is 0 Å². The third-order valence-corrected chi connectivity index (χ3v) is 6.83. The maximum absolute atomic E-state index is 12.7. The maximum atomic E-state index is 12.7. The van der Waals surface area contributed by atoms with Gasteiger partial charge in [0.25, 0.3) is 0 Å². The SMILES string of the molecule is CC(=O)Oc1ccc2c(=O)c(-c3ccc(O)cc3)coc2c1C.Cc1cccc2c(O)c(-c3ccc(O)cc3)c(=O)oc12. The molecule has 9 nitrogen and oxygen atoms in total. The minimum atomic E-state index is -0.602. The predicted molar refractivity (Wildman–Crippen MR) is 162 cm³/mol. The molecule has 2 heterocycles. The third-order valence-electron chi connectivity index (χ3n) is 6.83. The molecule has 0 unspecified atom stereocenters. The first-order valence-electron chi connectivity index (χ1n) is 13.1. The summed E-state index contributed by atoms with van der Waals surface area (Å²) in [5.74, 6) is 0.0433. The summed E-state index contributed by atoms with van der Waals surface area (Å²) in [4.78, 5) is 35.9. The van der Waals surface area contributed by atoms with Gasteiger partial charge in [-0.05, 0) is 73.0 Å². The van der Waals surface area contributed by atoms with Crippen molar-refractivity contribution in [3.8, 4) is 45.3 Å². The number of carbonyl (C=O) groups is 1. The van der Waals surface area contributed by atoms with Crippen LogP contribution >= 0.6 is 0 Å². The molecular formula is C34H26O9. The van der Waals surface area contributed by atoms with Gasteiger partial charge in [-0.3, -0.25) is 9.59 Å². The number of aromatic hydroxyl groups is 3. The average Bonchev–Trinajstić information content (AvgIpc) is 2.97. The number of rotatable bonds is 3. The molecule has 0 fully saturated rings. The van der Waals surface area contributed by atoms with Gasteiger partial charge in [0.15, 0.2) is 0 Å². The summed E-state index contributed by atoms with van der Waals surface area (Å²) in [6.07, 6.45) is 1.38. The van der Waals surface area contributed by atoms with Crippen molar-refractivity contribution >= 4 is 27.9 Å². The van der Waals surface area contributed by atoms with Crippen LogP contribution in [0.1, 0.15) is 18.1 Å². The summed E-state index contributed by atoms with van der Waals surface area (Å²) in [5, 5.41) is 29.9.